The molecule has 3 aromatic carbocycles. The molecule has 9 nitrogen and oxygen atoms in total. The molecule has 1 atom stereocenters. The molecular formula is C28H30FN3O6. The topological polar surface area (TPSA) is 111 Å². The van der Waals surface area contributed by atoms with Gasteiger partial charge in [-0.2, -0.15) is 0 Å². The van der Waals surface area contributed by atoms with Crippen molar-refractivity contribution in [3.63, 3.8) is 0 Å². The summed E-state index contributed by atoms with van der Waals surface area (Å²) >= 11 is 0. The number of hydrogen-bond donors (Lipinski definition) is 1. The van der Waals surface area contributed by atoms with Gasteiger partial charge >= 0.3 is 5.69 Å². The van der Waals surface area contributed by atoms with Gasteiger partial charge in [-0.3, -0.25) is 19.7 Å². The van der Waals surface area contributed by atoms with E-state index in [4.69, 9.17) is 9.47 Å². The number of rotatable bonds is 12. The molecule has 0 fully saturated rings. The highest BCUT2D eigenvalue weighted by Gasteiger charge is 2.31. The van der Waals surface area contributed by atoms with Gasteiger partial charge in [0.05, 0.1) is 12.0 Å². The van der Waals surface area contributed by atoms with E-state index in [0.29, 0.717) is 0 Å². The van der Waals surface area contributed by atoms with Gasteiger partial charge in [0.2, 0.25) is 11.7 Å². The molecule has 38 heavy (non-hydrogen) atoms. The van der Waals surface area contributed by atoms with E-state index >= 15 is 0 Å². The fraction of sp³-hybridized carbons (Fsp3) is 0.286. The Morgan fingerprint density at radius 2 is 1.74 bits per heavy atom. The summed E-state index contributed by atoms with van der Waals surface area (Å²) < 4.78 is 25.3. The lowest BCUT2D eigenvalue weighted by Gasteiger charge is -2.32. The van der Waals surface area contributed by atoms with Gasteiger partial charge in [-0.05, 0) is 31.5 Å². The van der Waals surface area contributed by atoms with Gasteiger partial charge in [0, 0.05) is 36.7 Å². The van der Waals surface area contributed by atoms with Crippen molar-refractivity contribution < 1.29 is 28.4 Å². The Morgan fingerprint density at radius 1 is 1.05 bits per heavy atom. The first-order valence-electron chi connectivity index (χ1n) is 12.0. The lowest BCUT2D eigenvalue weighted by Crippen LogP contribution is -2.53. The number of nitro groups is 1. The molecule has 0 bridgehead atoms. The number of ether oxygens (including phenoxy) is 2. The number of nitro benzene ring substituents is 1. The summed E-state index contributed by atoms with van der Waals surface area (Å²) in [5, 5.41) is 14.0. The number of nitrogens with one attached hydrogen (secondary N) is 1. The Balaban J connectivity index is 1.92. The van der Waals surface area contributed by atoms with Crippen molar-refractivity contribution in [2.45, 2.75) is 38.9 Å². The van der Waals surface area contributed by atoms with Crippen molar-refractivity contribution in [2.75, 3.05) is 13.7 Å². The van der Waals surface area contributed by atoms with Crippen LogP contribution < -0.4 is 14.8 Å². The van der Waals surface area contributed by atoms with Crippen LogP contribution in [0.15, 0.2) is 72.8 Å². The standard InChI is InChI=1S/C28H30FN3O6/c1-19(2)30-28(34)25(15-20-9-5-4-6-10-20)31(17-21-11-7-8-12-23(21)29)27(33)18-38-22-13-14-24(32(35)36)26(16-22)37-3/h4-14,16,19,25H,15,17-18H2,1-3H3,(H,30,34)/t25-/m0/s1. The van der Waals surface area contributed by atoms with Crippen LogP contribution in [-0.2, 0) is 22.6 Å². The largest absolute Gasteiger partial charge is 0.490 e. The fourth-order valence-electron chi connectivity index (χ4n) is 3.87. The maximum Gasteiger partial charge on any atom is 0.311 e. The second-order valence-corrected chi connectivity index (χ2v) is 8.86. The van der Waals surface area contributed by atoms with Crippen LogP contribution in [0.4, 0.5) is 10.1 Å². The molecule has 200 valence electrons. The highest BCUT2D eigenvalue weighted by Crippen LogP contribution is 2.31. The average molecular weight is 524 g/mol. The van der Waals surface area contributed by atoms with Crippen LogP contribution in [-0.4, -0.2) is 47.4 Å². The van der Waals surface area contributed by atoms with Crippen LogP contribution in [0.2, 0.25) is 0 Å². The number of benzene rings is 3. The predicted octanol–water partition coefficient (Wildman–Crippen LogP) is 4.29. The second-order valence-electron chi connectivity index (χ2n) is 8.86. The quantitative estimate of drug-likeness (QED) is 0.280. The molecule has 0 heterocycles. The first-order chi connectivity index (χ1) is 18.2. The van der Waals surface area contributed by atoms with Gasteiger partial charge < -0.3 is 19.7 Å². The molecule has 0 spiro atoms. The highest BCUT2D eigenvalue weighted by molar-refractivity contribution is 5.88. The molecule has 0 saturated carbocycles. The number of nitrogens with zero attached hydrogens (tertiary/aromatic N) is 2. The Labute approximate surface area is 220 Å². The molecule has 0 aliphatic carbocycles. The van der Waals surface area contributed by atoms with E-state index in [-0.39, 0.29) is 47.7 Å². The Morgan fingerprint density at radius 3 is 2.37 bits per heavy atom. The number of carbonyl (C=O) groups excluding carboxylic acids is 2. The summed E-state index contributed by atoms with van der Waals surface area (Å²) in [5.41, 5.74) is 0.817. The average Bonchev–Trinajstić information content (AvgIpc) is 2.90. The van der Waals surface area contributed by atoms with E-state index in [9.17, 15) is 24.1 Å². The summed E-state index contributed by atoms with van der Waals surface area (Å²) in [7, 11) is 1.29. The van der Waals surface area contributed by atoms with E-state index in [1.54, 1.807) is 18.2 Å². The van der Waals surface area contributed by atoms with Crippen molar-refractivity contribution in [3.05, 3.63) is 99.9 Å². The van der Waals surface area contributed by atoms with Crippen molar-refractivity contribution in [1.29, 1.82) is 0 Å². The third kappa shape index (κ3) is 7.52. The number of methoxy groups -OCH3 is 1. The monoisotopic (exact) mass is 523 g/mol. The van der Waals surface area contributed by atoms with Crippen LogP contribution in [0.1, 0.15) is 25.0 Å². The van der Waals surface area contributed by atoms with E-state index < -0.39 is 29.3 Å². The van der Waals surface area contributed by atoms with Crippen molar-refractivity contribution in [3.8, 4) is 11.5 Å². The lowest BCUT2D eigenvalue weighted by atomic mass is 10.0. The van der Waals surface area contributed by atoms with E-state index in [1.165, 1.54) is 36.3 Å². The maximum atomic E-state index is 14.6. The van der Waals surface area contributed by atoms with Gasteiger partial charge in [0.1, 0.15) is 17.6 Å². The number of halogens is 1. The van der Waals surface area contributed by atoms with Gasteiger partial charge in [0.15, 0.2) is 6.61 Å². The first kappa shape index (κ1) is 28.1. The summed E-state index contributed by atoms with van der Waals surface area (Å²) in [4.78, 5) is 38.7. The number of amides is 2. The number of hydrogen-bond acceptors (Lipinski definition) is 6. The number of carbonyl (C=O) groups is 2. The second kappa shape index (κ2) is 13.2. The van der Waals surface area contributed by atoms with Gasteiger partial charge in [0.25, 0.3) is 5.91 Å². The molecule has 0 radical (unpaired) electrons. The third-order valence-corrected chi connectivity index (χ3v) is 5.71. The predicted molar refractivity (Wildman–Crippen MR) is 139 cm³/mol. The molecule has 3 rings (SSSR count). The molecule has 0 aromatic heterocycles. The van der Waals surface area contributed by atoms with E-state index in [2.05, 4.69) is 5.32 Å². The summed E-state index contributed by atoms with van der Waals surface area (Å²) in [5.74, 6) is -1.32. The summed E-state index contributed by atoms with van der Waals surface area (Å²) in [6, 6.07) is 18.0. The highest BCUT2D eigenvalue weighted by atomic mass is 19.1. The SMILES string of the molecule is COc1cc(OCC(=O)N(Cc2ccccc2F)[C@@H](Cc2ccccc2)C(=O)NC(C)C)ccc1[N+](=O)[O-]. The molecule has 2 amide bonds. The van der Waals surface area contributed by atoms with Crippen molar-refractivity contribution >= 4 is 17.5 Å². The minimum absolute atomic E-state index is 0.0265. The van der Waals surface area contributed by atoms with Gasteiger partial charge in [-0.1, -0.05) is 48.5 Å². The smallest absolute Gasteiger partial charge is 0.311 e. The normalized spacial score (nSPS) is 11.5. The zero-order chi connectivity index (χ0) is 27.7. The molecule has 1 N–H and O–H groups in total. The lowest BCUT2D eigenvalue weighted by molar-refractivity contribution is -0.385. The van der Waals surface area contributed by atoms with Crippen LogP contribution in [0.5, 0.6) is 11.5 Å². The van der Waals surface area contributed by atoms with Crippen molar-refractivity contribution in [1.82, 2.24) is 10.2 Å². The molecule has 3 aromatic rings. The van der Waals surface area contributed by atoms with Crippen LogP contribution in [0.25, 0.3) is 0 Å². The molecule has 10 heteroatoms. The Hall–Kier alpha value is -4.47. The van der Waals surface area contributed by atoms with Gasteiger partial charge in [-0.15, -0.1) is 0 Å². The Kier molecular flexibility index (Phi) is 9.75. The van der Waals surface area contributed by atoms with Crippen LogP contribution >= 0.6 is 0 Å². The third-order valence-electron chi connectivity index (χ3n) is 5.71. The van der Waals surface area contributed by atoms with Crippen molar-refractivity contribution in [2.24, 2.45) is 0 Å². The zero-order valence-electron chi connectivity index (χ0n) is 21.4. The molecule has 0 aliphatic rings. The minimum Gasteiger partial charge on any atom is -0.490 e. The van der Waals surface area contributed by atoms with Crippen LogP contribution in [0.3, 0.4) is 0 Å². The summed E-state index contributed by atoms with van der Waals surface area (Å²) in [6.07, 6.45) is 0.199. The minimum atomic E-state index is -0.957. The molecular weight excluding hydrogens is 493 g/mol. The Bertz CT molecular complexity index is 1270. The molecule has 0 unspecified atom stereocenters. The fourth-order valence-corrected chi connectivity index (χ4v) is 3.87. The molecule has 0 aliphatic heterocycles. The summed E-state index contributed by atoms with van der Waals surface area (Å²) in [6.45, 7) is 2.97. The van der Waals surface area contributed by atoms with E-state index in [0.717, 1.165) is 5.56 Å². The molecule has 0 saturated heterocycles. The van der Waals surface area contributed by atoms with E-state index in [1.807, 2.05) is 44.2 Å². The van der Waals surface area contributed by atoms with Crippen LogP contribution in [0, 0.1) is 15.9 Å². The first-order valence-corrected chi connectivity index (χ1v) is 12.0. The zero-order valence-corrected chi connectivity index (χ0v) is 21.4. The van der Waals surface area contributed by atoms with Gasteiger partial charge in [-0.25, -0.2) is 4.39 Å². The maximum absolute atomic E-state index is 14.6.